The molecule has 0 spiro atoms. The maximum Gasteiger partial charge on any atom is 0.116 e. The summed E-state index contributed by atoms with van der Waals surface area (Å²) in [5.41, 5.74) is 7.92. The van der Waals surface area contributed by atoms with Gasteiger partial charge in [0.1, 0.15) is 5.82 Å². The maximum absolute atomic E-state index is 5.59. The third-order valence-electron chi connectivity index (χ3n) is 2.80. The van der Waals surface area contributed by atoms with Crippen molar-refractivity contribution in [2.75, 3.05) is 0 Å². The normalized spacial score (nSPS) is 16.4. The molecule has 3 nitrogen and oxygen atoms in total. The molecule has 0 bridgehead atoms. The van der Waals surface area contributed by atoms with Gasteiger partial charge in [-0.3, -0.25) is 0 Å². The van der Waals surface area contributed by atoms with Crippen molar-refractivity contribution in [3.05, 3.63) is 35.9 Å². The van der Waals surface area contributed by atoms with Gasteiger partial charge in [-0.1, -0.05) is 0 Å². The van der Waals surface area contributed by atoms with E-state index in [-0.39, 0.29) is 0 Å². The predicted octanol–water partition coefficient (Wildman–Crippen LogP) is 1.67. The molecular weight excluding hydrogens is 174 g/mol. The Morgan fingerprint density at radius 3 is 3.07 bits per heavy atom. The van der Waals surface area contributed by atoms with Crippen molar-refractivity contribution < 1.29 is 0 Å². The number of hydrogen-bond acceptors (Lipinski definition) is 2. The summed E-state index contributed by atoms with van der Waals surface area (Å²) in [5, 5.41) is 0. The second-order valence-corrected chi connectivity index (χ2v) is 3.92. The highest BCUT2D eigenvalue weighted by Gasteiger charge is 2.27. The van der Waals surface area contributed by atoms with Crippen LogP contribution in [-0.2, 0) is 6.54 Å². The summed E-state index contributed by atoms with van der Waals surface area (Å²) in [6.45, 7) is 0.598. The van der Waals surface area contributed by atoms with Gasteiger partial charge in [0, 0.05) is 18.7 Å². The first-order valence-corrected chi connectivity index (χ1v) is 5.04. The zero-order chi connectivity index (χ0) is 9.54. The van der Waals surface area contributed by atoms with E-state index in [1.165, 1.54) is 24.2 Å². The van der Waals surface area contributed by atoms with Crippen molar-refractivity contribution in [3.8, 4) is 0 Å². The van der Waals surface area contributed by atoms with Crippen molar-refractivity contribution in [1.82, 2.24) is 9.38 Å². The molecule has 0 radical (unpaired) electrons. The molecule has 2 aromatic heterocycles. The predicted molar refractivity (Wildman–Crippen MR) is 55.1 cm³/mol. The molecule has 2 aromatic rings. The molecule has 2 N–H and O–H groups in total. The lowest BCUT2D eigenvalue weighted by atomic mass is 10.2. The Balaban J connectivity index is 2.17. The van der Waals surface area contributed by atoms with Gasteiger partial charge in [-0.2, -0.15) is 0 Å². The molecule has 0 atom stereocenters. The molecule has 14 heavy (non-hydrogen) atoms. The molecule has 1 aliphatic rings. The molecule has 0 aliphatic heterocycles. The number of hydrogen-bond donors (Lipinski definition) is 1. The van der Waals surface area contributed by atoms with Gasteiger partial charge in [-0.15, -0.1) is 0 Å². The van der Waals surface area contributed by atoms with Crippen LogP contribution in [0, 0.1) is 0 Å². The Kier molecular flexibility index (Phi) is 1.61. The summed E-state index contributed by atoms with van der Waals surface area (Å²) in [4.78, 5) is 4.45. The van der Waals surface area contributed by atoms with Crippen LogP contribution >= 0.6 is 0 Å². The summed E-state index contributed by atoms with van der Waals surface area (Å²) < 4.78 is 2.18. The fraction of sp³-hybridized carbons (Fsp3) is 0.364. The Bertz CT molecular complexity index is 468. The van der Waals surface area contributed by atoms with Crippen LogP contribution in [0.4, 0.5) is 0 Å². The van der Waals surface area contributed by atoms with Crippen LogP contribution in [0.1, 0.15) is 30.1 Å². The van der Waals surface area contributed by atoms with Gasteiger partial charge in [0.25, 0.3) is 0 Å². The topological polar surface area (TPSA) is 43.3 Å². The third kappa shape index (κ3) is 1.13. The van der Waals surface area contributed by atoms with E-state index in [0.717, 1.165) is 5.52 Å². The van der Waals surface area contributed by atoms with Crippen LogP contribution in [0.25, 0.3) is 5.52 Å². The molecular formula is C11H13N3. The monoisotopic (exact) mass is 187 g/mol. The summed E-state index contributed by atoms with van der Waals surface area (Å²) in [6, 6.07) is 4.18. The number of fused-ring (bicyclic) bond motifs is 1. The summed E-state index contributed by atoms with van der Waals surface area (Å²) in [7, 11) is 0. The van der Waals surface area contributed by atoms with E-state index >= 15 is 0 Å². The van der Waals surface area contributed by atoms with Crippen LogP contribution in [0.15, 0.2) is 24.5 Å². The molecule has 1 saturated carbocycles. The first-order chi connectivity index (χ1) is 6.88. The minimum Gasteiger partial charge on any atom is -0.326 e. The molecule has 2 heterocycles. The van der Waals surface area contributed by atoms with E-state index in [1.807, 2.05) is 6.20 Å². The number of pyridine rings is 1. The van der Waals surface area contributed by atoms with Crippen molar-refractivity contribution in [1.29, 1.82) is 0 Å². The van der Waals surface area contributed by atoms with Gasteiger partial charge in [0.15, 0.2) is 0 Å². The fourth-order valence-electron chi connectivity index (χ4n) is 1.84. The summed E-state index contributed by atoms with van der Waals surface area (Å²) >= 11 is 0. The highest BCUT2D eigenvalue weighted by Crippen LogP contribution is 2.39. The van der Waals surface area contributed by atoms with Gasteiger partial charge in [-0.05, 0) is 30.5 Å². The minimum atomic E-state index is 0.598. The van der Waals surface area contributed by atoms with Crippen LogP contribution in [-0.4, -0.2) is 9.38 Å². The van der Waals surface area contributed by atoms with Crippen LogP contribution < -0.4 is 5.73 Å². The van der Waals surface area contributed by atoms with E-state index in [0.29, 0.717) is 12.5 Å². The van der Waals surface area contributed by atoms with Crippen LogP contribution in [0.3, 0.4) is 0 Å². The van der Waals surface area contributed by atoms with Crippen molar-refractivity contribution in [2.24, 2.45) is 5.73 Å². The highest BCUT2D eigenvalue weighted by atomic mass is 15.0. The number of nitrogens with two attached hydrogens (primary N) is 1. The molecule has 3 rings (SSSR count). The zero-order valence-corrected chi connectivity index (χ0v) is 7.98. The minimum absolute atomic E-state index is 0.598. The molecule has 1 fully saturated rings. The SMILES string of the molecule is NCc1ccn2c(C3CC3)ncc2c1. The van der Waals surface area contributed by atoms with Gasteiger partial charge >= 0.3 is 0 Å². The lowest BCUT2D eigenvalue weighted by Gasteiger charge is -2.01. The lowest BCUT2D eigenvalue weighted by molar-refractivity contribution is 0.916. The van der Waals surface area contributed by atoms with E-state index in [4.69, 9.17) is 5.73 Å². The van der Waals surface area contributed by atoms with Gasteiger partial charge in [-0.25, -0.2) is 4.98 Å². The standard InChI is InChI=1S/C11H13N3/c12-6-8-3-4-14-10(5-8)7-13-11(14)9-1-2-9/h3-5,7,9H,1-2,6,12H2. The maximum atomic E-state index is 5.59. The molecule has 72 valence electrons. The number of imidazole rings is 1. The zero-order valence-electron chi connectivity index (χ0n) is 7.98. The average Bonchev–Trinajstić information content (AvgIpc) is 2.98. The molecule has 0 saturated heterocycles. The molecule has 0 aromatic carbocycles. The Hall–Kier alpha value is -1.35. The smallest absolute Gasteiger partial charge is 0.116 e. The average molecular weight is 187 g/mol. The van der Waals surface area contributed by atoms with E-state index < -0.39 is 0 Å². The quantitative estimate of drug-likeness (QED) is 0.777. The van der Waals surface area contributed by atoms with Crippen LogP contribution in [0.5, 0.6) is 0 Å². The molecule has 1 aliphatic carbocycles. The fourth-order valence-corrected chi connectivity index (χ4v) is 1.84. The highest BCUT2D eigenvalue weighted by molar-refractivity contribution is 5.49. The van der Waals surface area contributed by atoms with Gasteiger partial charge in [0.05, 0.1) is 11.7 Å². The van der Waals surface area contributed by atoms with Gasteiger partial charge in [0.2, 0.25) is 0 Å². The van der Waals surface area contributed by atoms with E-state index in [1.54, 1.807) is 0 Å². The number of aromatic nitrogens is 2. The van der Waals surface area contributed by atoms with Crippen molar-refractivity contribution in [3.63, 3.8) is 0 Å². The molecule has 3 heteroatoms. The summed E-state index contributed by atoms with van der Waals surface area (Å²) in [6.07, 6.45) is 6.60. The van der Waals surface area contributed by atoms with Gasteiger partial charge < -0.3 is 10.1 Å². The summed E-state index contributed by atoms with van der Waals surface area (Å²) in [5.74, 6) is 1.91. The van der Waals surface area contributed by atoms with Crippen molar-refractivity contribution in [2.45, 2.75) is 25.3 Å². The second-order valence-electron chi connectivity index (χ2n) is 3.92. The second kappa shape index (κ2) is 2.82. The first kappa shape index (κ1) is 8.00. The first-order valence-electron chi connectivity index (χ1n) is 5.04. The van der Waals surface area contributed by atoms with E-state index in [2.05, 4.69) is 27.7 Å². The van der Waals surface area contributed by atoms with E-state index in [9.17, 15) is 0 Å². The van der Waals surface area contributed by atoms with Crippen LogP contribution in [0.2, 0.25) is 0 Å². The number of nitrogens with zero attached hydrogens (tertiary/aromatic N) is 2. The Morgan fingerprint density at radius 1 is 1.50 bits per heavy atom. The van der Waals surface area contributed by atoms with Crippen molar-refractivity contribution >= 4 is 5.52 Å². The third-order valence-corrected chi connectivity index (χ3v) is 2.80. The number of rotatable bonds is 2. The molecule has 0 amide bonds. The lowest BCUT2D eigenvalue weighted by Crippen LogP contribution is -1.98. The Labute approximate surface area is 82.6 Å². The largest absolute Gasteiger partial charge is 0.326 e. The Morgan fingerprint density at radius 2 is 2.36 bits per heavy atom. The molecule has 0 unspecified atom stereocenters.